The standard InChI is InChI=1S/C21H27N5O3/c1-5-14(3)26-18(22)15(20(27)23-9-6-10-29-4)11-16-19(26)24-17-8-7-13(2)12-25(17)21(16)28/h7-8,11-12,14,22H,5-6,9-10H2,1-4H3,(H,23,27)/p+1/t14-/m0/s1. The van der Waals surface area contributed by atoms with E-state index in [9.17, 15) is 9.59 Å². The number of anilines is 1. The van der Waals surface area contributed by atoms with Crippen LogP contribution in [0.15, 0.2) is 29.2 Å². The van der Waals surface area contributed by atoms with E-state index in [1.54, 1.807) is 23.9 Å². The van der Waals surface area contributed by atoms with Crippen molar-refractivity contribution in [2.24, 2.45) is 0 Å². The molecule has 0 saturated carbocycles. The van der Waals surface area contributed by atoms with Crippen LogP contribution in [0.5, 0.6) is 0 Å². The van der Waals surface area contributed by atoms with Gasteiger partial charge in [-0.2, -0.15) is 0 Å². The summed E-state index contributed by atoms with van der Waals surface area (Å²) < 4.78 is 8.31. The van der Waals surface area contributed by atoms with Crippen molar-refractivity contribution in [3.63, 3.8) is 0 Å². The van der Waals surface area contributed by atoms with Crippen LogP contribution in [0, 0.1) is 6.92 Å². The highest BCUT2D eigenvalue weighted by molar-refractivity contribution is 6.00. The van der Waals surface area contributed by atoms with Crippen LogP contribution < -0.4 is 21.2 Å². The van der Waals surface area contributed by atoms with E-state index < -0.39 is 0 Å². The predicted octanol–water partition coefficient (Wildman–Crippen LogP) is 1.76. The van der Waals surface area contributed by atoms with Gasteiger partial charge in [0.25, 0.3) is 17.1 Å². The van der Waals surface area contributed by atoms with E-state index in [-0.39, 0.29) is 23.1 Å². The van der Waals surface area contributed by atoms with E-state index in [0.29, 0.717) is 42.1 Å². The fraction of sp³-hybridized carbons (Fsp3) is 0.429. The molecule has 0 saturated heterocycles. The van der Waals surface area contributed by atoms with E-state index in [0.717, 1.165) is 12.0 Å². The number of aromatic nitrogens is 3. The monoisotopic (exact) mass is 398 g/mol. The first-order valence-electron chi connectivity index (χ1n) is 9.82. The van der Waals surface area contributed by atoms with Crippen molar-refractivity contribution >= 4 is 28.4 Å². The highest BCUT2D eigenvalue weighted by atomic mass is 16.5. The van der Waals surface area contributed by atoms with Crippen molar-refractivity contribution in [2.45, 2.75) is 39.7 Å². The number of methoxy groups -OCH3 is 1. The summed E-state index contributed by atoms with van der Waals surface area (Å²) in [5, 5.41) is 3.21. The summed E-state index contributed by atoms with van der Waals surface area (Å²) in [6.07, 6.45) is 3.21. The first-order chi connectivity index (χ1) is 13.9. The van der Waals surface area contributed by atoms with Gasteiger partial charge in [-0.1, -0.05) is 18.0 Å². The van der Waals surface area contributed by atoms with Crippen LogP contribution >= 0.6 is 0 Å². The number of ether oxygens (including phenoxy) is 1. The Labute approximate surface area is 169 Å². The normalized spacial score (nSPS) is 12.4. The minimum atomic E-state index is -0.314. The first-order valence-corrected chi connectivity index (χ1v) is 9.82. The molecule has 0 spiro atoms. The molecular weight excluding hydrogens is 370 g/mol. The van der Waals surface area contributed by atoms with Crippen LogP contribution in [0.1, 0.15) is 48.7 Å². The van der Waals surface area contributed by atoms with Crippen molar-refractivity contribution in [1.82, 2.24) is 14.7 Å². The summed E-state index contributed by atoms with van der Waals surface area (Å²) in [5.41, 5.74) is 8.44. The number of nitrogens with zero attached hydrogens (tertiary/aromatic N) is 3. The number of nitrogen functional groups attached to an aromatic ring is 1. The molecule has 1 amide bonds. The Balaban J connectivity index is 2.24. The molecule has 0 bridgehead atoms. The molecule has 1 atom stereocenters. The van der Waals surface area contributed by atoms with Crippen molar-refractivity contribution in [3.05, 3.63) is 45.9 Å². The zero-order valence-corrected chi connectivity index (χ0v) is 17.4. The molecule has 3 N–H and O–H groups in total. The molecule has 0 fully saturated rings. The minimum Gasteiger partial charge on any atom is -0.385 e. The lowest BCUT2D eigenvalue weighted by Gasteiger charge is -2.16. The number of carbonyl (C=O) groups is 1. The Bertz CT molecular complexity index is 1120. The van der Waals surface area contributed by atoms with Crippen LogP contribution in [0.25, 0.3) is 16.7 Å². The smallest absolute Gasteiger partial charge is 0.278 e. The lowest BCUT2D eigenvalue weighted by molar-refractivity contribution is -0.683. The molecule has 0 aromatic carbocycles. The average molecular weight is 398 g/mol. The third kappa shape index (κ3) is 3.93. The zero-order chi connectivity index (χ0) is 21.1. The Morgan fingerprint density at radius 2 is 2.17 bits per heavy atom. The molecule has 154 valence electrons. The second-order valence-electron chi connectivity index (χ2n) is 7.26. The van der Waals surface area contributed by atoms with Gasteiger partial charge in [0.2, 0.25) is 11.5 Å². The largest absolute Gasteiger partial charge is 0.385 e. The van der Waals surface area contributed by atoms with Gasteiger partial charge in [0.1, 0.15) is 10.9 Å². The van der Waals surface area contributed by atoms with E-state index in [4.69, 9.17) is 15.5 Å². The Morgan fingerprint density at radius 3 is 2.86 bits per heavy atom. The van der Waals surface area contributed by atoms with Crippen molar-refractivity contribution < 1.29 is 14.1 Å². The zero-order valence-electron chi connectivity index (χ0n) is 17.4. The highest BCUT2D eigenvalue weighted by Crippen LogP contribution is 2.18. The SMILES string of the molecule is CC[C@H](C)[n+]1c(N)c(C(=O)NCCCOC)cc2c(=O)n3cc(C)ccc3nc21. The van der Waals surface area contributed by atoms with Gasteiger partial charge in [-0.15, -0.1) is 0 Å². The number of pyridine rings is 2. The molecule has 8 nitrogen and oxygen atoms in total. The van der Waals surface area contributed by atoms with E-state index in [1.807, 2.05) is 32.9 Å². The molecule has 3 heterocycles. The maximum absolute atomic E-state index is 13.2. The summed E-state index contributed by atoms with van der Waals surface area (Å²) in [7, 11) is 1.62. The van der Waals surface area contributed by atoms with Crippen molar-refractivity contribution in [1.29, 1.82) is 0 Å². The topological polar surface area (TPSA) is 103 Å². The van der Waals surface area contributed by atoms with Gasteiger partial charge in [0.15, 0.2) is 0 Å². The maximum atomic E-state index is 13.2. The van der Waals surface area contributed by atoms with Crippen LogP contribution in [0.4, 0.5) is 5.82 Å². The van der Waals surface area contributed by atoms with Crippen LogP contribution in [-0.4, -0.2) is 35.6 Å². The third-order valence-electron chi connectivity index (χ3n) is 5.12. The number of hydrogen-bond donors (Lipinski definition) is 2. The predicted molar refractivity (Wildman–Crippen MR) is 112 cm³/mol. The highest BCUT2D eigenvalue weighted by Gasteiger charge is 2.26. The van der Waals surface area contributed by atoms with Gasteiger partial charge in [-0.25, -0.2) is 4.57 Å². The lowest BCUT2D eigenvalue weighted by atomic mass is 10.1. The molecule has 0 aliphatic carbocycles. The minimum absolute atomic E-state index is 0.0291. The Hall–Kier alpha value is -3.00. The van der Waals surface area contributed by atoms with Crippen molar-refractivity contribution in [2.75, 3.05) is 26.0 Å². The van der Waals surface area contributed by atoms with E-state index in [1.165, 1.54) is 4.40 Å². The second kappa shape index (κ2) is 8.57. The number of fused-ring (bicyclic) bond motifs is 2. The number of nitrogens with two attached hydrogens (primary N) is 1. The molecule has 3 rings (SSSR count). The van der Waals surface area contributed by atoms with Gasteiger partial charge >= 0.3 is 0 Å². The molecule has 0 aliphatic heterocycles. The maximum Gasteiger partial charge on any atom is 0.278 e. The Kier molecular flexibility index (Phi) is 6.12. The van der Waals surface area contributed by atoms with Gasteiger partial charge in [-0.05, 0) is 44.4 Å². The quantitative estimate of drug-likeness (QED) is 0.359. The summed E-state index contributed by atoms with van der Waals surface area (Å²) >= 11 is 0. The molecule has 0 unspecified atom stereocenters. The van der Waals surface area contributed by atoms with Gasteiger partial charge in [-0.3, -0.25) is 14.0 Å². The number of carbonyl (C=O) groups excluding carboxylic acids is 1. The fourth-order valence-electron chi connectivity index (χ4n) is 3.34. The molecule has 3 aromatic rings. The van der Waals surface area contributed by atoms with Crippen molar-refractivity contribution in [3.8, 4) is 0 Å². The van der Waals surface area contributed by atoms with E-state index in [2.05, 4.69) is 5.32 Å². The van der Waals surface area contributed by atoms with Gasteiger partial charge in [0, 0.05) is 26.5 Å². The summed E-state index contributed by atoms with van der Waals surface area (Å²) in [6, 6.07) is 5.24. The summed E-state index contributed by atoms with van der Waals surface area (Å²) in [6.45, 7) is 6.95. The molecule has 0 radical (unpaired) electrons. The molecule has 29 heavy (non-hydrogen) atoms. The fourth-order valence-corrected chi connectivity index (χ4v) is 3.34. The molecule has 3 aromatic heterocycles. The first kappa shape index (κ1) is 20.7. The van der Waals surface area contributed by atoms with Gasteiger partial charge < -0.3 is 15.8 Å². The average Bonchev–Trinajstić information content (AvgIpc) is 2.71. The van der Waals surface area contributed by atoms with Crippen LogP contribution in [-0.2, 0) is 4.74 Å². The number of amides is 1. The molecule has 0 aliphatic rings. The lowest BCUT2D eigenvalue weighted by Crippen LogP contribution is -2.45. The number of aryl methyl sites for hydroxylation is 1. The van der Waals surface area contributed by atoms with E-state index >= 15 is 0 Å². The number of nitrogens with one attached hydrogen (secondary N) is 1. The summed E-state index contributed by atoms with van der Waals surface area (Å²) in [4.78, 5) is 30.7. The second-order valence-corrected chi connectivity index (χ2v) is 7.26. The third-order valence-corrected chi connectivity index (χ3v) is 5.12. The molecular formula is C21H28N5O3+. The summed E-state index contributed by atoms with van der Waals surface area (Å²) in [5.74, 6) is -0.00857. The molecule has 8 heteroatoms. The van der Waals surface area contributed by atoms with Crippen LogP contribution in [0.3, 0.4) is 0 Å². The van der Waals surface area contributed by atoms with Gasteiger partial charge in [0.05, 0.1) is 6.04 Å². The Morgan fingerprint density at radius 1 is 1.41 bits per heavy atom. The number of hydrogen-bond acceptors (Lipinski definition) is 5. The number of rotatable bonds is 7. The van der Waals surface area contributed by atoms with Crippen LogP contribution in [0.2, 0.25) is 0 Å².